The highest BCUT2D eigenvalue weighted by Crippen LogP contribution is 2.34. The number of hydrogen-bond donors (Lipinski definition) is 2. The lowest BCUT2D eigenvalue weighted by molar-refractivity contribution is 0.100. The highest BCUT2D eigenvalue weighted by atomic mass is 16.2. The molecule has 2 aliphatic rings. The maximum Gasteiger partial charge on any atom is 0.322 e. The second kappa shape index (κ2) is 2.98. The second-order valence-corrected chi connectivity index (χ2v) is 4.12. The van der Waals surface area contributed by atoms with Gasteiger partial charge < -0.3 is 11.1 Å². The number of anilines is 1. The summed E-state index contributed by atoms with van der Waals surface area (Å²) in [4.78, 5) is 24.4. The van der Waals surface area contributed by atoms with Gasteiger partial charge in [0.2, 0.25) is 5.91 Å². The lowest BCUT2D eigenvalue weighted by atomic mass is 10.1. The van der Waals surface area contributed by atoms with Crippen LogP contribution in [0.5, 0.6) is 0 Å². The number of rotatable bonds is 1. The fourth-order valence-electron chi connectivity index (χ4n) is 2.38. The number of carbonyl (C=O) groups excluding carboxylic acids is 2. The van der Waals surface area contributed by atoms with Crippen LogP contribution in [0.3, 0.4) is 0 Å². The molecule has 3 amide bonds. The van der Waals surface area contributed by atoms with Crippen LogP contribution >= 0.6 is 0 Å². The molecule has 1 fully saturated rings. The molecule has 3 rings (SSSR count). The van der Waals surface area contributed by atoms with Gasteiger partial charge in [0.15, 0.2) is 0 Å². The van der Waals surface area contributed by atoms with Crippen molar-refractivity contribution in [3.05, 3.63) is 29.3 Å². The molecule has 0 spiro atoms. The van der Waals surface area contributed by atoms with E-state index in [4.69, 9.17) is 5.73 Å². The molecular weight excluding hydrogens is 206 g/mol. The number of benzene rings is 1. The minimum absolute atomic E-state index is 0.0922. The second-order valence-electron chi connectivity index (χ2n) is 4.12. The van der Waals surface area contributed by atoms with Gasteiger partial charge in [-0.05, 0) is 24.1 Å². The van der Waals surface area contributed by atoms with Gasteiger partial charge in [0.1, 0.15) is 0 Å². The number of amides is 3. The van der Waals surface area contributed by atoms with E-state index < -0.39 is 5.91 Å². The Bertz CT molecular complexity index is 498. The van der Waals surface area contributed by atoms with Gasteiger partial charge in [-0.15, -0.1) is 0 Å². The van der Waals surface area contributed by atoms with Crippen molar-refractivity contribution in [3.8, 4) is 0 Å². The third-order valence-corrected chi connectivity index (χ3v) is 3.16. The summed E-state index contributed by atoms with van der Waals surface area (Å²) in [5.74, 6) is -0.467. The molecule has 1 unspecified atom stereocenters. The lowest BCUT2D eigenvalue weighted by Crippen LogP contribution is -2.30. The number of hydrogen-bond acceptors (Lipinski definition) is 2. The Hall–Kier alpha value is -2.04. The van der Waals surface area contributed by atoms with Crippen LogP contribution in [-0.2, 0) is 6.42 Å². The SMILES string of the molecule is NC(=O)c1ccc2c(c1)N1C(=O)NCC1C2. The molecular formula is C11H11N3O2. The third kappa shape index (κ3) is 1.11. The first-order valence-electron chi connectivity index (χ1n) is 5.16. The van der Waals surface area contributed by atoms with Gasteiger partial charge in [-0.1, -0.05) is 6.07 Å². The molecule has 2 heterocycles. The van der Waals surface area contributed by atoms with Gasteiger partial charge >= 0.3 is 6.03 Å². The number of nitrogens with zero attached hydrogens (tertiary/aromatic N) is 1. The summed E-state index contributed by atoms with van der Waals surface area (Å²) >= 11 is 0. The zero-order valence-corrected chi connectivity index (χ0v) is 8.56. The molecule has 0 aliphatic carbocycles. The van der Waals surface area contributed by atoms with E-state index in [1.165, 1.54) is 0 Å². The summed E-state index contributed by atoms with van der Waals surface area (Å²) in [5, 5.41) is 2.78. The van der Waals surface area contributed by atoms with Crippen LogP contribution in [0.15, 0.2) is 18.2 Å². The van der Waals surface area contributed by atoms with Gasteiger partial charge in [-0.3, -0.25) is 9.69 Å². The van der Waals surface area contributed by atoms with Crippen molar-refractivity contribution >= 4 is 17.6 Å². The lowest BCUT2D eigenvalue weighted by Gasteiger charge is -2.14. The first-order valence-corrected chi connectivity index (χ1v) is 5.16. The van der Waals surface area contributed by atoms with E-state index >= 15 is 0 Å². The molecule has 5 heteroatoms. The normalized spacial score (nSPS) is 21.6. The van der Waals surface area contributed by atoms with Crippen molar-refractivity contribution < 1.29 is 9.59 Å². The van der Waals surface area contributed by atoms with E-state index in [-0.39, 0.29) is 12.1 Å². The van der Waals surface area contributed by atoms with Crippen LogP contribution in [-0.4, -0.2) is 24.5 Å². The largest absolute Gasteiger partial charge is 0.366 e. The van der Waals surface area contributed by atoms with Crippen molar-refractivity contribution in [3.63, 3.8) is 0 Å². The van der Waals surface area contributed by atoms with E-state index in [1.807, 2.05) is 6.07 Å². The molecule has 1 aromatic rings. The minimum atomic E-state index is -0.467. The Morgan fingerprint density at radius 3 is 3.06 bits per heavy atom. The number of fused-ring (bicyclic) bond motifs is 3. The van der Waals surface area contributed by atoms with E-state index in [2.05, 4.69) is 5.32 Å². The number of carbonyl (C=O) groups is 2. The standard InChI is InChI=1S/C11H11N3O2/c12-10(15)7-2-1-6-3-8-5-13-11(16)14(8)9(6)4-7/h1-2,4,8H,3,5H2,(H2,12,15)(H,13,16). The Labute approximate surface area is 92.2 Å². The summed E-state index contributed by atoms with van der Waals surface area (Å²) in [6, 6.07) is 5.38. The van der Waals surface area contributed by atoms with E-state index in [9.17, 15) is 9.59 Å². The highest BCUT2D eigenvalue weighted by Gasteiger charge is 2.38. The zero-order chi connectivity index (χ0) is 11.3. The zero-order valence-electron chi connectivity index (χ0n) is 8.56. The Kier molecular flexibility index (Phi) is 1.71. The Morgan fingerprint density at radius 1 is 1.50 bits per heavy atom. The number of urea groups is 1. The molecule has 2 aliphatic heterocycles. The predicted octanol–water partition coefficient (Wildman–Crippen LogP) is 0.240. The van der Waals surface area contributed by atoms with Crippen LogP contribution in [0.2, 0.25) is 0 Å². The molecule has 5 nitrogen and oxygen atoms in total. The topological polar surface area (TPSA) is 75.4 Å². The minimum Gasteiger partial charge on any atom is -0.366 e. The Balaban J connectivity index is 2.09. The molecule has 3 N–H and O–H groups in total. The van der Waals surface area contributed by atoms with Gasteiger partial charge in [0, 0.05) is 17.8 Å². The van der Waals surface area contributed by atoms with E-state index in [1.54, 1.807) is 17.0 Å². The summed E-state index contributed by atoms with van der Waals surface area (Å²) in [6.07, 6.45) is 0.840. The Morgan fingerprint density at radius 2 is 2.31 bits per heavy atom. The van der Waals surface area contributed by atoms with E-state index in [0.29, 0.717) is 12.1 Å². The monoisotopic (exact) mass is 217 g/mol. The van der Waals surface area contributed by atoms with Gasteiger partial charge in [-0.2, -0.15) is 0 Å². The molecule has 82 valence electrons. The molecule has 0 bridgehead atoms. The van der Waals surface area contributed by atoms with Crippen LogP contribution in [0.4, 0.5) is 10.5 Å². The van der Waals surface area contributed by atoms with Crippen molar-refractivity contribution in [2.24, 2.45) is 5.73 Å². The van der Waals surface area contributed by atoms with Gasteiger partial charge in [0.05, 0.1) is 6.04 Å². The summed E-state index contributed by atoms with van der Waals surface area (Å²) in [5.41, 5.74) is 7.58. The summed E-state index contributed by atoms with van der Waals surface area (Å²) < 4.78 is 0. The predicted molar refractivity (Wildman–Crippen MR) is 58.3 cm³/mol. The smallest absolute Gasteiger partial charge is 0.322 e. The molecule has 1 aromatic carbocycles. The van der Waals surface area contributed by atoms with Crippen molar-refractivity contribution in [2.75, 3.05) is 11.4 Å². The molecule has 1 saturated heterocycles. The third-order valence-electron chi connectivity index (χ3n) is 3.16. The molecule has 0 saturated carbocycles. The molecule has 0 radical (unpaired) electrons. The average Bonchev–Trinajstić information content (AvgIpc) is 2.78. The molecule has 1 atom stereocenters. The first kappa shape index (κ1) is 9.21. The fraction of sp³-hybridized carbons (Fsp3) is 0.273. The van der Waals surface area contributed by atoms with Crippen LogP contribution in [0, 0.1) is 0 Å². The fourth-order valence-corrected chi connectivity index (χ4v) is 2.38. The maximum atomic E-state index is 11.6. The number of nitrogens with two attached hydrogens (primary N) is 1. The van der Waals surface area contributed by atoms with Crippen molar-refractivity contribution in [1.29, 1.82) is 0 Å². The maximum absolute atomic E-state index is 11.6. The van der Waals surface area contributed by atoms with Gasteiger partial charge in [-0.25, -0.2) is 4.79 Å². The molecule has 0 aromatic heterocycles. The van der Waals surface area contributed by atoms with Crippen LogP contribution < -0.4 is 16.0 Å². The first-order chi connectivity index (χ1) is 7.66. The van der Waals surface area contributed by atoms with E-state index in [0.717, 1.165) is 17.7 Å². The average molecular weight is 217 g/mol. The van der Waals surface area contributed by atoms with Crippen molar-refractivity contribution in [2.45, 2.75) is 12.5 Å². The quantitative estimate of drug-likeness (QED) is 0.707. The van der Waals surface area contributed by atoms with Gasteiger partial charge in [0.25, 0.3) is 0 Å². The highest BCUT2D eigenvalue weighted by molar-refractivity contribution is 6.00. The van der Waals surface area contributed by atoms with Crippen molar-refractivity contribution in [1.82, 2.24) is 5.32 Å². The number of primary amides is 1. The van der Waals surface area contributed by atoms with Crippen LogP contribution in [0.1, 0.15) is 15.9 Å². The summed E-state index contributed by atoms with van der Waals surface area (Å²) in [6.45, 7) is 0.666. The summed E-state index contributed by atoms with van der Waals surface area (Å²) in [7, 11) is 0. The molecule has 16 heavy (non-hydrogen) atoms. The van der Waals surface area contributed by atoms with Crippen LogP contribution in [0.25, 0.3) is 0 Å². The number of nitrogens with one attached hydrogen (secondary N) is 1.